The van der Waals surface area contributed by atoms with Crippen molar-refractivity contribution in [1.82, 2.24) is 20.4 Å². The smallest absolute Gasteiger partial charge is 0.317 e. The predicted octanol–water partition coefficient (Wildman–Crippen LogP) is 2.50. The van der Waals surface area contributed by atoms with E-state index >= 15 is 0 Å². The highest BCUT2D eigenvalue weighted by atomic mass is 19.1. The van der Waals surface area contributed by atoms with Crippen molar-refractivity contribution in [3.05, 3.63) is 71.0 Å². The molecule has 2 aromatic carbocycles. The highest BCUT2D eigenvalue weighted by Gasteiger charge is 2.17. The van der Waals surface area contributed by atoms with Crippen LogP contribution in [0.5, 0.6) is 0 Å². The van der Waals surface area contributed by atoms with Crippen molar-refractivity contribution in [3.8, 4) is 0 Å². The summed E-state index contributed by atoms with van der Waals surface area (Å²) >= 11 is 0. The Labute approximate surface area is 171 Å². The largest absolute Gasteiger partial charge is 0.355 e. The molecule has 0 spiro atoms. The maximum Gasteiger partial charge on any atom is 0.317 e. The van der Waals surface area contributed by atoms with Gasteiger partial charge in [-0.1, -0.05) is 36.4 Å². The second-order valence-corrected chi connectivity index (χ2v) is 7.24. The van der Waals surface area contributed by atoms with Gasteiger partial charge < -0.3 is 20.4 Å². The zero-order chi connectivity index (χ0) is 21.4. The molecular weight excluding hydrogens is 371 g/mol. The van der Waals surface area contributed by atoms with Crippen molar-refractivity contribution >= 4 is 11.9 Å². The molecule has 0 saturated heterocycles. The minimum Gasteiger partial charge on any atom is -0.355 e. The summed E-state index contributed by atoms with van der Waals surface area (Å²) in [6.07, 6.45) is 0.542. The van der Waals surface area contributed by atoms with E-state index in [1.165, 1.54) is 19.2 Å². The Morgan fingerprint density at radius 2 is 1.72 bits per heavy atom. The standard InChI is InChI=1S/C22H29FN4O2/c1-24-21(28)19-11-10-17(13-20(19)23)12-18(26(2)3)14-25-22(29)27(4)15-16-8-6-5-7-9-16/h5-11,13,18H,12,14-15H2,1-4H3,(H,24,28)(H,25,29). The molecule has 1 unspecified atom stereocenters. The zero-order valence-corrected chi connectivity index (χ0v) is 17.4. The van der Waals surface area contributed by atoms with Crippen molar-refractivity contribution in [2.45, 2.75) is 19.0 Å². The molecule has 2 rings (SSSR count). The summed E-state index contributed by atoms with van der Waals surface area (Å²) in [7, 11) is 7.05. The van der Waals surface area contributed by atoms with Gasteiger partial charge in [-0.05, 0) is 43.8 Å². The summed E-state index contributed by atoms with van der Waals surface area (Å²) in [5.41, 5.74) is 1.84. The molecule has 3 amide bonds. The summed E-state index contributed by atoms with van der Waals surface area (Å²) in [5.74, 6) is -1.00. The first-order chi connectivity index (χ1) is 13.8. The first-order valence-corrected chi connectivity index (χ1v) is 9.51. The fraction of sp³-hybridized carbons (Fsp3) is 0.364. The normalized spacial score (nSPS) is 11.8. The lowest BCUT2D eigenvalue weighted by molar-refractivity contribution is 0.0959. The van der Waals surface area contributed by atoms with Crippen molar-refractivity contribution in [3.63, 3.8) is 0 Å². The lowest BCUT2D eigenvalue weighted by atomic mass is 10.0. The molecule has 29 heavy (non-hydrogen) atoms. The topological polar surface area (TPSA) is 64.7 Å². The number of halogens is 1. The monoisotopic (exact) mass is 400 g/mol. The van der Waals surface area contributed by atoms with Gasteiger partial charge in [-0.25, -0.2) is 9.18 Å². The lowest BCUT2D eigenvalue weighted by Gasteiger charge is -2.26. The molecular formula is C22H29FN4O2. The summed E-state index contributed by atoms with van der Waals surface area (Å²) in [4.78, 5) is 27.7. The number of hydrogen-bond acceptors (Lipinski definition) is 3. The fourth-order valence-electron chi connectivity index (χ4n) is 2.98. The Balaban J connectivity index is 1.95. The molecule has 0 aromatic heterocycles. The molecule has 2 N–H and O–H groups in total. The third-order valence-corrected chi connectivity index (χ3v) is 4.80. The predicted molar refractivity (Wildman–Crippen MR) is 112 cm³/mol. The van der Waals surface area contributed by atoms with Crippen LogP contribution < -0.4 is 10.6 Å². The Hall–Kier alpha value is -2.93. The zero-order valence-electron chi connectivity index (χ0n) is 17.4. The van der Waals surface area contributed by atoms with Crippen LogP contribution in [-0.2, 0) is 13.0 Å². The van der Waals surface area contributed by atoms with E-state index in [0.717, 1.165) is 11.1 Å². The number of nitrogens with zero attached hydrogens (tertiary/aromatic N) is 2. The van der Waals surface area contributed by atoms with Gasteiger partial charge in [0, 0.05) is 33.2 Å². The van der Waals surface area contributed by atoms with Gasteiger partial charge in [0.1, 0.15) is 5.82 Å². The average molecular weight is 400 g/mol. The van der Waals surface area contributed by atoms with Crippen LogP contribution in [0.25, 0.3) is 0 Å². The van der Waals surface area contributed by atoms with E-state index in [-0.39, 0.29) is 17.6 Å². The molecule has 2 aromatic rings. The number of urea groups is 1. The first kappa shape index (κ1) is 22.4. The third-order valence-electron chi connectivity index (χ3n) is 4.80. The van der Waals surface area contributed by atoms with E-state index in [1.54, 1.807) is 18.0 Å². The van der Waals surface area contributed by atoms with E-state index in [4.69, 9.17) is 0 Å². The van der Waals surface area contributed by atoms with Gasteiger partial charge in [0.2, 0.25) is 0 Å². The van der Waals surface area contributed by atoms with Crippen LogP contribution >= 0.6 is 0 Å². The number of rotatable bonds is 8. The van der Waals surface area contributed by atoms with Crippen LogP contribution in [0.15, 0.2) is 48.5 Å². The highest BCUT2D eigenvalue weighted by Crippen LogP contribution is 2.13. The van der Waals surface area contributed by atoms with E-state index in [9.17, 15) is 14.0 Å². The molecule has 0 heterocycles. The number of benzene rings is 2. The third kappa shape index (κ3) is 6.57. The molecule has 0 aliphatic carbocycles. The van der Waals surface area contributed by atoms with Gasteiger partial charge in [-0.15, -0.1) is 0 Å². The number of nitrogens with one attached hydrogen (secondary N) is 2. The minimum absolute atomic E-state index is 0.0191. The Morgan fingerprint density at radius 1 is 1.03 bits per heavy atom. The Morgan fingerprint density at radius 3 is 2.31 bits per heavy atom. The number of hydrogen-bond donors (Lipinski definition) is 2. The van der Waals surface area contributed by atoms with E-state index in [0.29, 0.717) is 19.5 Å². The molecule has 1 atom stereocenters. The number of amides is 3. The number of likely N-dealkylation sites (N-methyl/N-ethyl adjacent to an activating group) is 1. The molecule has 156 valence electrons. The summed E-state index contributed by atoms with van der Waals surface area (Å²) in [6.45, 7) is 0.940. The fourth-order valence-corrected chi connectivity index (χ4v) is 2.98. The first-order valence-electron chi connectivity index (χ1n) is 9.51. The average Bonchev–Trinajstić information content (AvgIpc) is 2.70. The molecule has 0 saturated carbocycles. The second kappa shape index (κ2) is 10.6. The second-order valence-electron chi connectivity index (χ2n) is 7.24. The van der Waals surface area contributed by atoms with Crippen LogP contribution in [0.4, 0.5) is 9.18 Å². The van der Waals surface area contributed by atoms with Crippen molar-refractivity contribution < 1.29 is 14.0 Å². The molecule has 7 heteroatoms. The van der Waals surface area contributed by atoms with Gasteiger partial charge in [-0.3, -0.25) is 4.79 Å². The molecule has 0 fully saturated rings. The van der Waals surface area contributed by atoms with Gasteiger partial charge >= 0.3 is 6.03 Å². The summed E-state index contributed by atoms with van der Waals surface area (Å²) in [5, 5.41) is 5.37. The summed E-state index contributed by atoms with van der Waals surface area (Å²) in [6, 6.07) is 14.2. The van der Waals surface area contributed by atoms with E-state index in [1.807, 2.05) is 49.3 Å². The Bertz CT molecular complexity index is 827. The minimum atomic E-state index is -0.550. The van der Waals surface area contributed by atoms with Crippen LogP contribution in [0, 0.1) is 5.82 Å². The van der Waals surface area contributed by atoms with Gasteiger partial charge in [0.05, 0.1) is 5.56 Å². The van der Waals surface area contributed by atoms with Gasteiger partial charge in [0.15, 0.2) is 0 Å². The quantitative estimate of drug-likeness (QED) is 0.716. The molecule has 0 bridgehead atoms. The molecule has 6 nitrogen and oxygen atoms in total. The van der Waals surface area contributed by atoms with Crippen molar-refractivity contribution in [2.75, 3.05) is 34.7 Å². The number of carbonyl (C=O) groups is 2. The maximum absolute atomic E-state index is 14.2. The molecule has 0 radical (unpaired) electrons. The van der Waals surface area contributed by atoms with E-state index in [2.05, 4.69) is 10.6 Å². The van der Waals surface area contributed by atoms with E-state index < -0.39 is 11.7 Å². The maximum atomic E-state index is 14.2. The van der Waals surface area contributed by atoms with Crippen LogP contribution in [0.2, 0.25) is 0 Å². The SMILES string of the molecule is CNC(=O)c1ccc(CC(CNC(=O)N(C)Cc2ccccc2)N(C)C)cc1F. The van der Waals surface area contributed by atoms with Crippen LogP contribution in [-0.4, -0.2) is 62.5 Å². The number of carbonyl (C=O) groups excluding carboxylic acids is 2. The molecule has 0 aliphatic rings. The van der Waals surface area contributed by atoms with Gasteiger partial charge in [-0.2, -0.15) is 0 Å². The van der Waals surface area contributed by atoms with Crippen molar-refractivity contribution in [2.24, 2.45) is 0 Å². The summed E-state index contributed by atoms with van der Waals surface area (Å²) < 4.78 is 14.2. The van der Waals surface area contributed by atoms with Gasteiger partial charge in [0.25, 0.3) is 5.91 Å². The van der Waals surface area contributed by atoms with Crippen LogP contribution in [0.3, 0.4) is 0 Å². The highest BCUT2D eigenvalue weighted by molar-refractivity contribution is 5.94. The van der Waals surface area contributed by atoms with Crippen molar-refractivity contribution in [1.29, 1.82) is 0 Å². The lowest BCUT2D eigenvalue weighted by Crippen LogP contribution is -2.45. The van der Waals surface area contributed by atoms with Crippen LogP contribution in [0.1, 0.15) is 21.5 Å². The molecule has 0 aliphatic heterocycles. The Kier molecular flexibility index (Phi) is 8.15.